The van der Waals surface area contributed by atoms with E-state index in [4.69, 9.17) is 0 Å². The van der Waals surface area contributed by atoms with Gasteiger partial charge in [0.25, 0.3) is 0 Å². The lowest BCUT2D eigenvalue weighted by Crippen LogP contribution is -2.53. The third-order valence-electron chi connectivity index (χ3n) is 4.68. The van der Waals surface area contributed by atoms with Gasteiger partial charge in [-0.2, -0.15) is 0 Å². The highest BCUT2D eigenvalue weighted by Gasteiger charge is 2.34. The third-order valence-corrected chi connectivity index (χ3v) is 5.84. The number of hydrogen-bond acceptors (Lipinski definition) is 3. The smallest absolute Gasteiger partial charge is 0.244 e. The van der Waals surface area contributed by atoms with Gasteiger partial charge in [-0.15, -0.1) is 0 Å². The molecule has 6 heteroatoms. The van der Waals surface area contributed by atoms with E-state index in [1.807, 2.05) is 39.0 Å². The second kappa shape index (κ2) is 8.89. The molecule has 1 N–H and O–H groups in total. The summed E-state index contributed by atoms with van der Waals surface area (Å²) >= 11 is 0. The molecule has 0 bridgehead atoms. The van der Waals surface area contributed by atoms with Gasteiger partial charge in [-0.05, 0) is 49.3 Å². The molecule has 0 saturated heterocycles. The van der Waals surface area contributed by atoms with Crippen LogP contribution < -0.4 is 9.62 Å². The molecule has 1 aromatic rings. The van der Waals surface area contributed by atoms with E-state index in [-0.39, 0.29) is 23.8 Å². The molecule has 1 rings (SSSR count). The Morgan fingerprint density at radius 2 is 1.65 bits per heavy atom. The highest BCUT2D eigenvalue weighted by atomic mass is 32.2. The van der Waals surface area contributed by atoms with Crippen LogP contribution in [0.1, 0.15) is 52.2 Å². The first kappa shape index (κ1) is 22.5. The van der Waals surface area contributed by atoms with Gasteiger partial charge >= 0.3 is 0 Å². The van der Waals surface area contributed by atoms with Gasteiger partial charge in [-0.25, -0.2) is 8.42 Å². The van der Waals surface area contributed by atoms with Crippen LogP contribution >= 0.6 is 0 Å². The Bertz CT molecular complexity index is 719. The number of carbonyl (C=O) groups is 1. The van der Waals surface area contributed by atoms with Gasteiger partial charge in [0.05, 0.1) is 11.9 Å². The summed E-state index contributed by atoms with van der Waals surface area (Å²) in [4.78, 5) is 13.0. The standard InChI is InChI=1S/C20H34N2O3S/c1-9-17(20(23)21-19(13(2)3)14(4)5)22(26(8,24)25)18-12-15(6)10-11-16(18)7/h10-14,17,19H,9H2,1-8H3,(H,21,23). The van der Waals surface area contributed by atoms with Gasteiger partial charge in [0.1, 0.15) is 6.04 Å². The van der Waals surface area contributed by atoms with E-state index in [0.29, 0.717) is 12.1 Å². The summed E-state index contributed by atoms with van der Waals surface area (Å²) in [6.07, 6.45) is 1.56. The van der Waals surface area contributed by atoms with Crippen LogP contribution in [0.5, 0.6) is 0 Å². The van der Waals surface area contributed by atoms with Gasteiger partial charge in [-0.3, -0.25) is 9.10 Å². The first-order valence-corrected chi connectivity index (χ1v) is 11.1. The zero-order chi connectivity index (χ0) is 20.2. The average Bonchev–Trinajstić information content (AvgIpc) is 2.50. The SMILES string of the molecule is CCC(C(=O)NC(C(C)C)C(C)C)N(c1cc(C)ccc1C)S(C)(=O)=O. The lowest BCUT2D eigenvalue weighted by atomic mass is 9.93. The highest BCUT2D eigenvalue weighted by molar-refractivity contribution is 7.92. The van der Waals surface area contributed by atoms with Crippen LogP contribution in [-0.2, 0) is 14.8 Å². The number of benzene rings is 1. The molecule has 0 aromatic heterocycles. The predicted molar refractivity (Wildman–Crippen MR) is 109 cm³/mol. The quantitative estimate of drug-likeness (QED) is 0.746. The molecule has 5 nitrogen and oxygen atoms in total. The summed E-state index contributed by atoms with van der Waals surface area (Å²) in [5.41, 5.74) is 2.36. The summed E-state index contributed by atoms with van der Waals surface area (Å²) < 4.78 is 26.5. The highest BCUT2D eigenvalue weighted by Crippen LogP contribution is 2.27. The van der Waals surface area contributed by atoms with Crippen molar-refractivity contribution in [3.05, 3.63) is 29.3 Å². The number of rotatable bonds is 8. The van der Waals surface area contributed by atoms with Crippen molar-refractivity contribution in [2.24, 2.45) is 11.8 Å². The maximum Gasteiger partial charge on any atom is 0.244 e. The molecule has 1 atom stereocenters. The lowest BCUT2D eigenvalue weighted by molar-refractivity contribution is -0.123. The van der Waals surface area contributed by atoms with Crippen LogP contribution in [0.3, 0.4) is 0 Å². The van der Waals surface area contributed by atoms with Gasteiger partial charge in [0.15, 0.2) is 0 Å². The fourth-order valence-electron chi connectivity index (χ4n) is 3.36. The third kappa shape index (κ3) is 5.47. The molecular weight excluding hydrogens is 348 g/mol. The summed E-state index contributed by atoms with van der Waals surface area (Å²) in [6, 6.07) is 4.88. The number of nitrogens with zero attached hydrogens (tertiary/aromatic N) is 1. The molecule has 1 unspecified atom stereocenters. The zero-order valence-corrected chi connectivity index (χ0v) is 18.1. The normalized spacial score (nSPS) is 13.3. The van der Waals surface area contributed by atoms with Crippen molar-refractivity contribution < 1.29 is 13.2 Å². The van der Waals surface area contributed by atoms with Crippen molar-refractivity contribution in [1.29, 1.82) is 0 Å². The van der Waals surface area contributed by atoms with E-state index >= 15 is 0 Å². The summed E-state index contributed by atoms with van der Waals surface area (Å²) in [5.74, 6) is 0.291. The Balaban J connectivity index is 3.35. The van der Waals surface area contributed by atoms with E-state index in [0.717, 1.165) is 17.4 Å². The van der Waals surface area contributed by atoms with E-state index in [1.54, 1.807) is 0 Å². The number of carbonyl (C=O) groups excluding carboxylic acids is 1. The zero-order valence-electron chi connectivity index (χ0n) is 17.3. The second-order valence-electron chi connectivity index (χ2n) is 7.80. The van der Waals surface area contributed by atoms with Crippen molar-refractivity contribution in [2.75, 3.05) is 10.6 Å². The maximum atomic E-state index is 13.0. The molecule has 148 valence electrons. The first-order valence-electron chi connectivity index (χ1n) is 9.27. The average molecular weight is 383 g/mol. The van der Waals surface area contributed by atoms with Crippen molar-refractivity contribution >= 4 is 21.6 Å². The number of sulfonamides is 1. The van der Waals surface area contributed by atoms with Crippen molar-refractivity contribution in [1.82, 2.24) is 5.32 Å². The predicted octanol–water partition coefficient (Wildman–Crippen LogP) is 3.64. The largest absolute Gasteiger partial charge is 0.351 e. The molecule has 0 saturated carbocycles. The Morgan fingerprint density at radius 3 is 2.08 bits per heavy atom. The van der Waals surface area contributed by atoms with Crippen LogP contribution in [0, 0.1) is 25.7 Å². The van der Waals surface area contributed by atoms with Crippen molar-refractivity contribution in [2.45, 2.75) is 67.0 Å². The number of anilines is 1. The Kier molecular flexibility index (Phi) is 7.69. The molecule has 0 aliphatic heterocycles. The number of amides is 1. The van der Waals surface area contributed by atoms with Gasteiger partial charge in [0.2, 0.25) is 15.9 Å². The fourth-order valence-corrected chi connectivity index (χ4v) is 4.62. The molecule has 26 heavy (non-hydrogen) atoms. The summed E-state index contributed by atoms with van der Waals surface area (Å²) in [7, 11) is -3.62. The summed E-state index contributed by atoms with van der Waals surface area (Å²) in [6.45, 7) is 13.9. The van der Waals surface area contributed by atoms with E-state index < -0.39 is 16.1 Å². The molecule has 0 heterocycles. The topological polar surface area (TPSA) is 66.5 Å². The van der Waals surface area contributed by atoms with Crippen molar-refractivity contribution in [3.63, 3.8) is 0 Å². The van der Waals surface area contributed by atoms with Gasteiger partial charge < -0.3 is 5.32 Å². The molecule has 0 spiro atoms. The minimum absolute atomic E-state index is 0.00318. The maximum absolute atomic E-state index is 13.0. The lowest BCUT2D eigenvalue weighted by Gasteiger charge is -2.34. The first-order chi connectivity index (χ1) is 11.9. The number of aryl methyl sites for hydroxylation is 2. The van der Waals surface area contributed by atoms with E-state index in [2.05, 4.69) is 33.0 Å². The van der Waals surface area contributed by atoms with Crippen LogP contribution in [0.4, 0.5) is 5.69 Å². The van der Waals surface area contributed by atoms with Gasteiger partial charge in [0, 0.05) is 6.04 Å². The minimum atomic E-state index is -3.62. The van der Waals surface area contributed by atoms with E-state index in [1.165, 1.54) is 4.31 Å². The van der Waals surface area contributed by atoms with Gasteiger partial charge in [-0.1, -0.05) is 46.8 Å². The fraction of sp³-hybridized carbons (Fsp3) is 0.650. The van der Waals surface area contributed by atoms with Crippen molar-refractivity contribution in [3.8, 4) is 0 Å². The van der Waals surface area contributed by atoms with Crippen LogP contribution in [0.25, 0.3) is 0 Å². The molecule has 1 amide bonds. The Labute approximate surface area is 159 Å². The Morgan fingerprint density at radius 1 is 1.12 bits per heavy atom. The molecular formula is C20H34N2O3S. The molecule has 0 aliphatic rings. The second-order valence-corrected chi connectivity index (χ2v) is 9.65. The Hall–Kier alpha value is -1.56. The molecule has 0 fully saturated rings. The molecule has 0 aliphatic carbocycles. The molecule has 1 aromatic carbocycles. The number of hydrogen-bond donors (Lipinski definition) is 1. The summed E-state index contributed by atoms with van der Waals surface area (Å²) in [5, 5.41) is 3.08. The van der Waals surface area contributed by atoms with Crippen LogP contribution in [0.15, 0.2) is 18.2 Å². The van der Waals surface area contributed by atoms with Crippen LogP contribution in [0.2, 0.25) is 0 Å². The monoisotopic (exact) mass is 382 g/mol. The van der Waals surface area contributed by atoms with E-state index in [9.17, 15) is 13.2 Å². The van der Waals surface area contributed by atoms with Crippen LogP contribution in [-0.4, -0.2) is 32.7 Å². The molecule has 0 radical (unpaired) electrons. The number of nitrogens with one attached hydrogen (secondary N) is 1. The minimum Gasteiger partial charge on any atom is -0.351 e.